The summed E-state index contributed by atoms with van der Waals surface area (Å²) in [5.41, 5.74) is 2.46. The van der Waals surface area contributed by atoms with Crippen molar-refractivity contribution in [1.29, 1.82) is 0 Å². The van der Waals surface area contributed by atoms with Gasteiger partial charge in [-0.1, -0.05) is 18.2 Å². The number of hydrogen-bond acceptors (Lipinski definition) is 3. The molecule has 20 heavy (non-hydrogen) atoms. The van der Waals surface area contributed by atoms with Gasteiger partial charge in [0.05, 0.1) is 19.1 Å². The zero-order valence-electron chi connectivity index (χ0n) is 10.7. The molecule has 100 valence electrons. The number of nitrogens with zero attached hydrogens (tertiary/aromatic N) is 1. The molecule has 1 unspecified atom stereocenters. The molecule has 0 aliphatic carbocycles. The van der Waals surface area contributed by atoms with E-state index >= 15 is 0 Å². The summed E-state index contributed by atoms with van der Waals surface area (Å²) in [5, 5.41) is 11.6. The summed E-state index contributed by atoms with van der Waals surface area (Å²) in [4.78, 5) is 13.5. The summed E-state index contributed by atoms with van der Waals surface area (Å²) >= 11 is 0. The van der Waals surface area contributed by atoms with Crippen molar-refractivity contribution in [3.8, 4) is 0 Å². The number of anilines is 1. The smallest absolute Gasteiger partial charge is 0.229 e. The van der Waals surface area contributed by atoms with Crippen molar-refractivity contribution in [3.63, 3.8) is 0 Å². The Balaban J connectivity index is 1.90. The normalized spacial score (nSPS) is 19.4. The van der Waals surface area contributed by atoms with E-state index in [-0.39, 0.29) is 12.3 Å². The minimum Gasteiger partial charge on any atom is -0.456 e. The molecule has 4 nitrogen and oxygen atoms in total. The number of hydrogen-bond donors (Lipinski definition) is 1. The van der Waals surface area contributed by atoms with E-state index in [1.54, 1.807) is 4.90 Å². The number of aliphatic hydroxyl groups excluding tert-OH is 1. The standard InChI is InChI=1S/C16H13NO3/c18-11-8-16(19)17(9-11)10-5-6-15-13(7-10)12-3-1-2-4-14(12)20-15/h1-7,11,18H,8-9H2. The van der Waals surface area contributed by atoms with E-state index in [4.69, 9.17) is 4.42 Å². The molecule has 1 aromatic heterocycles. The number of carbonyl (C=O) groups excluding carboxylic acids is 1. The second-order valence-electron chi connectivity index (χ2n) is 5.14. The van der Waals surface area contributed by atoms with Crippen LogP contribution in [0.3, 0.4) is 0 Å². The third-order valence-electron chi connectivity index (χ3n) is 3.78. The van der Waals surface area contributed by atoms with E-state index in [0.29, 0.717) is 6.54 Å². The van der Waals surface area contributed by atoms with Gasteiger partial charge in [-0.2, -0.15) is 0 Å². The van der Waals surface area contributed by atoms with Crippen LogP contribution >= 0.6 is 0 Å². The van der Waals surface area contributed by atoms with E-state index in [1.165, 1.54) is 0 Å². The summed E-state index contributed by atoms with van der Waals surface area (Å²) in [6, 6.07) is 13.5. The molecule has 1 atom stereocenters. The van der Waals surface area contributed by atoms with Crippen LogP contribution in [0.5, 0.6) is 0 Å². The molecule has 1 aliphatic rings. The Morgan fingerprint density at radius 3 is 2.70 bits per heavy atom. The second kappa shape index (κ2) is 4.08. The molecule has 1 aliphatic heterocycles. The van der Waals surface area contributed by atoms with E-state index in [0.717, 1.165) is 27.6 Å². The van der Waals surface area contributed by atoms with Gasteiger partial charge in [-0.3, -0.25) is 4.79 Å². The first-order valence-corrected chi connectivity index (χ1v) is 6.62. The maximum atomic E-state index is 11.9. The van der Waals surface area contributed by atoms with Crippen LogP contribution in [-0.4, -0.2) is 23.7 Å². The predicted molar refractivity (Wildman–Crippen MR) is 76.7 cm³/mol. The average molecular weight is 267 g/mol. The van der Waals surface area contributed by atoms with Gasteiger partial charge in [0.2, 0.25) is 5.91 Å². The largest absolute Gasteiger partial charge is 0.456 e. The fraction of sp³-hybridized carbons (Fsp3) is 0.188. The molecule has 1 N–H and O–H groups in total. The maximum absolute atomic E-state index is 11.9. The molecule has 0 bridgehead atoms. The number of furan rings is 1. The molecule has 1 amide bonds. The monoisotopic (exact) mass is 267 g/mol. The van der Waals surface area contributed by atoms with Crippen LogP contribution < -0.4 is 4.90 Å². The molecule has 3 aromatic rings. The lowest BCUT2D eigenvalue weighted by molar-refractivity contribution is -0.117. The van der Waals surface area contributed by atoms with E-state index in [2.05, 4.69) is 0 Å². The Morgan fingerprint density at radius 2 is 1.90 bits per heavy atom. The molecule has 2 heterocycles. The van der Waals surface area contributed by atoms with Crippen LogP contribution in [0.4, 0.5) is 5.69 Å². The van der Waals surface area contributed by atoms with Crippen molar-refractivity contribution in [2.45, 2.75) is 12.5 Å². The van der Waals surface area contributed by atoms with Crippen molar-refractivity contribution in [1.82, 2.24) is 0 Å². The molecule has 4 rings (SSSR count). The number of rotatable bonds is 1. The molecule has 1 fully saturated rings. The minimum atomic E-state index is -0.570. The Labute approximate surface area is 115 Å². The van der Waals surface area contributed by atoms with Crippen LogP contribution in [0.2, 0.25) is 0 Å². The first-order valence-electron chi connectivity index (χ1n) is 6.62. The molecule has 2 aromatic carbocycles. The van der Waals surface area contributed by atoms with Crippen molar-refractivity contribution in [3.05, 3.63) is 42.5 Å². The number of β-amino-alcohol motifs (C(OH)–C–C–N with tert-alkyl or cyclic N) is 1. The fourth-order valence-electron chi connectivity index (χ4n) is 2.82. The zero-order chi connectivity index (χ0) is 13.7. The van der Waals surface area contributed by atoms with Gasteiger partial charge in [0.1, 0.15) is 11.2 Å². The van der Waals surface area contributed by atoms with Crippen LogP contribution in [0.25, 0.3) is 21.9 Å². The first-order chi connectivity index (χ1) is 9.72. The number of aliphatic hydroxyl groups is 1. The molecule has 0 saturated carbocycles. The molecule has 1 saturated heterocycles. The molecule has 0 radical (unpaired) electrons. The first kappa shape index (κ1) is 11.5. The van der Waals surface area contributed by atoms with Gasteiger partial charge in [-0.15, -0.1) is 0 Å². The van der Waals surface area contributed by atoms with Crippen molar-refractivity contribution in [2.24, 2.45) is 0 Å². The van der Waals surface area contributed by atoms with Crippen molar-refractivity contribution < 1.29 is 14.3 Å². The Bertz CT molecular complexity index is 821. The van der Waals surface area contributed by atoms with E-state index in [9.17, 15) is 9.90 Å². The van der Waals surface area contributed by atoms with E-state index in [1.807, 2.05) is 42.5 Å². The van der Waals surface area contributed by atoms with Gasteiger partial charge in [0.15, 0.2) is 0 Å². The van der Waals surface area contributed by atoms with Gasteiger partial charge in [0, 0.05) is 16.5 Å². The van der Waals surface area contributed by atoms with Crippen LogP contribution in [0.15, 0.2) is 46.9 Å². The lowest BCUT2D eigenvalue weighted by atomic mass is 10.1. The number of amides is 1. The maximum Gasteiger partial charge on any atom is 0.229 e. The summed E-state index contributed by atoms with van der Waals surface area (Å²) in [6.07, 6.45) is -0.372. The quantitative estimate of drug-likeness (QED) is 0.737. The van der Waals surface area contributed by atoms with Gasteiger partial charge in [0.25, 0.3) is 0 Å². The Hall–Kier alpha value is -2.33. The van der Waals surface area contributed by atoms with E-state index < -0.39 is 6.10 Å². The Kier molecular flexibility index (Phi) is 2.35. The fourth-order valence-corrected chi connectivity index (χ4v) is 2.82. The van der Waals surface area contributed by atoms with Crippen LogP contribution in [-0.2, 0) is 4.79 Å². The summed E-state index contributed by atoms with van der Waals surface area (Å²) in [7, 11) is 0. The highest BCUT2D eigenvalue weighted by Gasteiger charge is 2.29. The number of benzene rings is 2. The Morgan fingerprint density at radius 1 is 1.10 bits per heavy atom. The van der Waals surface area contributed by atoms with Gasteiger partial charge in [-0.25, -0.2) is 0 Å². The lowest BCUT2D eigenvalue weighted by Crippen LogP contribution is -2.25. The average Bonchev–Trinajstić information content (AvgIpc) is 2.98. The van der Waals surface area contributed by atoms with Gasteiger partial charge in [-0.05, 0) is 24.3 Å². The third kappa shape index (κ3) is 1.62. The molecular weight excluding hydrogens is 254 g/mol. The summed E-state index contributed by atoms with van der Waals surface area (Å²) < 4.78 is 5.77. The molecular formula is C16H13NO3. The highest BCUT2D eigenvalue weighted by Crippen LogP contribution is 2.32. The van der Waals surface area contributed by atoms with Gasteiger partial charge < -0.3 is 14.4 Å². The lowest BCUT2D eigenvalue weighted by Gasteiger charge is -2.15. The van der Waals surface area contributed by atoms with Gasteiger partial charge >= 0.3 is 0 Å². The molecule has 4 heteroatoms. The van der Waals surface area contributed by atoms with Crippen LogP contribution in [0.1, 0.15) is 6.42 Å². The van der Waals surface area contributed by atoms with Crippen LogP contribution in [0, 0.1) is 0 Å². The number of fused-ring (bicyclic) bond motifs is 3. The highest BCUT2D eigenvalue weighted by atomic mass is 16.3. The second-order valence-corrected chi connectivity index (χ2v) is 5.14. The SMILES string of the molecule is O=C1CC(O)CN1c1ccc2oc3ccccc3c2c1. The topological polar surface area (TPSA) is 53.7 Å². The molecule has 0 spiro atoms. The summed E-state index contributed by atoms with van der Waals surface area (Å²) in [5.74, 6) is -0.0374. The third-order valence-corrected chi connectivity index (χ3v) is 3.78. The minimum absolute atomic E-state index is 0.0374. The number of carbonyl (C=O) groups is 1. The highest BCUT2D eigenvalue weighted by molar-refractivity contribution is 6.07. The summed E-state index contributed by atoms with van der Waals surface area (Å²) in [6.45, 7) is 0.361. The number of para-hydroxylation sites is 1. The van der Waals surface area contributed by atoms with Crippen molar-refractivity contribution in [2.75, 3.05) is 11.4 Å². The zero-order valence-corrected chi connectivity index (χ0v) is 10.7. The van der Waals surface area contributed by atoms with Crippen molar-refractivity contribution >= 4 is 33.5 Å². The predicted octanol–water partition coefficient (Wildman–Crippen LogP) is 2.68.